The monoisotopic (exact) mass is 372 g/mol. The van der Waals surface area contributed by atoms with E-state index >= 15 is 0 Å². The summed E-state index contributed by atoms with van der Waals surface area (Å²) < 4.78 is 23.6. The van der Waals surface area contributed by atoms with Crippen molar-refractivity contribution in [1.29, 1.82) is 0 Å². The van der Waals surface area contributed by atoms with E-state index in [0.717, 1.165) is 6.26 Å². The largest absolute Gasteiger partial charge is 0.493 e. The first kappa shape index (κ1) is 15.7. The molecule has 0 aliphatic heterocycles. The molecule has 1 aromatic carbocycles. The molecule has 112 valence electrons. The van der Waals surface area contributed by atoms with Crippen LogP contribution in [0.25, 0.3) is 11.1 Å². The minimum atomic E-state index is -3.43. The van der Waals surface area contributed by atoms with Crippen LogP contribution in [0.5, 0.6) is 5.88 Å². The maximum absolute atomic E-state index is 12.2. The fraction of sp³-hybridized carbons (Fsp3) is 0.231. The molecular formula is C13H13BrN2O4S. The molecule has 2 N–H and O–H groups in total. The molecule has 0 fully saturated rings. The first-order valence-corrected chi connectivity index (χ1v) is 8.73. The van der Waals surface area contributed by atoms with Gasteiger partial charge >= 0.3 is 0 Å². The van der Waals surface area contributed by atoms with Gasteiger partial charge in [0, 0.05) is 16.3 Å². The smallest absolute Gasteiger partial charge is 0.262 e. The van der Waals surface area contributed by atoms with Gasteiger partial charge in [-0.2, -0.15) is 4.98 Å². The Labute approximate surface area is 129 Å². The van der Waals surface area contributed by atoms with Gasteiger partial charge in [0.2, 0.25) is 5.88 Å². The summed E-state index contributed by atoms with van der Waals surface area (Å²) in [5.74, 6) is -0.591. The Morgan fingerprint density at radius 3 is 2.48 bits per heavy atom. The second-order valence-electron chi connectivity index (χ2n) is 4.60. The van der Waals surface area contributed by atoms with E-state index in [2.05, 4.69) is 25.9 Å². The molecule has 0 saturated heterocycles. The number of H-pyrrole nitrogens is 1. The van der Waals surface area contributed by atoms with Crippen molar-refractivity contribution >= 4 is 25.8 Å². The summed E-state index contributed by atoms with van der Waals surface area (Å²) in [6.45, 7) is 1.39. The molecule has 1 unspecified atom stereocenters. The predicted octanol–water partition coefficient (Wildman–Crippen LogP) is 2.01. The lowest BCUT2D eigenvalue weighted by Gasteiger charge is -2.11. The van der Waals surface area contributed by atoms with Gasteiger partial charge in [-0.15, -0.1) is 0 Å². The highest BCUT2D eigenvalue weighted by atomic mass is 79.9. The predicted molar refractivity (Wildman–Crippen MR) is 82.9 cm³/mol. The molecule has 0 aliphatic carbocycles. The number of aromatic amines is 1. The van der Waals surface area contributed by atoms with Crippen LogP contribution in [0.4, 0.5) is 0 Å². The second-order valence-corrected chi connectivity index (χ2v) is 7.82. The van der Waals surface area contributed by atoms with Crippen LogP contribution in [-0.2, 0) is 9.84 Å². The number of hydrogen-bond donors (Lipinski definition) is 2. The van der Waals surface area contributed by atoms with Gasteiger partial charge in [-0.1, -0.05) is 34.1 Å². The molecule has 0 bridgehead atoms. The number of nitrogens with one attached hydrogen (secondary N) is 1. The van der Waals surface area contributed by atoms with Crippen molar-refractivity contribution in [2.45, 2.75) is 12.2 Å². The summed E-state index contributed by atoms with van der Waals surface area (Å²) in [5, 5.41) is 9.01. The maximum Gasteiger partial charge on any atom is 0.262 e. The van der Waals surface area contributed by atoms with Gasteiger partial charge in [-0.3, -0.25) is 4.79 Å². The van der Waals surface area contributed by atoms with Crippen LogP contribution in [0, 0.1) is 0 Å². The molecule has 0 aliphatic rings. The SMILES string of the molecule is CC(c1nc(O)c(-c2ccccc2Br)c(=O)[nH]1)S(C)(=O)=O. The molecule has 6 nitrogen and oxygen atoms in total. The van der Waals surface area contributed by atoms with E-state index in [-0.39, 0.29) is 11.4 Å². The summed E-state index contributed by atoms with van der Waals surface area (Å²) in [6, 6.07) is 6.86. The summed E-state index contributed by atoms with van der Waals surface area (Å²) in [5.41, 5.74) is -0.130. The van der Waals surface area contributed by atoms with Crippen LogP contribution in [0.15, 0.2) is 33.5 Å². The van der Waals surface area contributed by atoms with Crippen LogP contribution in [0.1, 0.15) is 18.0 Å². The van der Waals surface area contributed by atoms with E-state index in [4.69, 9.17) is 0 Å². The molecule has 2 aromatic rings. The molecule has 1 aromatic heterocycles. The number of nitrogens with zero attached hydrogens (tertiary/aromatic N) is 1. The number of aromatic hydroxyl groups is 1. The zero-order chi connectivity index (χ0) is 15.8. The van der Waals surface area contributed by atoms with Crippen LogP contribution in [0.3, 0.4) is 0 Å². The van der Waals surface area contributed by atoms with E-state index in [1.165, 1.54) is 6.92 Å². The first-order valence-electron chi connectivity index (χ1n) is 5.98. The topological polar surface area (TPSA) is 100 Å². The normalized spacial score (nSPS) is 13.1. The van der Waals surface area contributed by atoms with Crippen LogP contribution in [0.2, 0.25) is 0 Å². The minimum Gasteiger partial charge on any atom is -0.493 e. The molecule has 0 amide bonds. The number of sulfone groups is 1. The van der Waals surface area contributed by atoms with Gasteiger partial charge in [0.1, 0.15) is 16.6 Å². The third-order valence-corrected chi connectivity index (χ3v) is 5.29. The first-order chi connectivity index (χ1) is 9.71. The van der Waals surface area contributed by atoms with E-state index in [0.29, 0.717) is 10.0 Å². The van der Waals surface area contributed by atoms with Gasteiger partial charge in [0.25, 0.3) is 5.56 Å². The third kappa shape index (κ3) is 3.16. The van der Waals surface area contributed by atoms with E-state index in [1.807, 2.05) is 0 Å². The number of hydrogen-bond acceptors (Lipinski definition) is 5. The second kappa shape index (κ2) is 5.61. The van der Waals surface area contributed by atoms with Crippen molar-refractivity contribution < 1.29 is 13.5 Å². The highest BCUT2D eigenvalue weighted by molar-refractivity contribution is 9.10. The van der Waals surface area contributed by atoms with Crippen LogP contribution >= 0.6 is 15.9 Å². The lowest BCUT2D eigenvalue weighted by Crippen LogP contribution is -2.19. The number of aromatic nitrogens is 2. The Balaban J connectivity index is 2.64. The molecule has 1 heterocycles. The zero-order valence-corrected chi connectivity index (χ0v) is 13.7. The van der Waals surface area contributed by atoms with Crippen molar-refractivity contribution in [3.05, 3.63) is 44.9 Å². The fourth-order valence-corrected chi connectivity index (χ4v) is 2.78. The van der Waals surface area contributed by atoms with Crippen molar-refractivity contribution in [2.24, 2.45) is 0 Å². The lowest BCUT2D eigenvalue weighted by atomic mass is 10.1. The van der Waals surface area contributed by atoms with Crippen molar-refractivity contribution in [2.75, 3.05) is 6.26 Å². The van der Waals surface area contributed by atoms with Crippen LogP contribution in [-0.4, -0.2) is 29.7 Å². The van der Waals surface area contributed by atoms with E-state index in [9.17, 15) is 18.3 Å². The van der Waals surface area contributed by atoms with Gasteiger partial charge in [0.15, 0.2) is 9.84 Å². The Hall–Kier alpha value is -1.67. The maximum atomic E-state index is 12.2. The highest BCUT2D eigenvalue weighted by Crippen LogP contribution is 2.31. The lowest BCUT2D eigenvalue weighted by molar-refractivity contribution is 0.449. The van der Waals surface area contributed by atoms with Crippen molar-refractivity contribution in [3.8, 4) is 17.0 Å². The molecule has 8 heteroatoms. The van der Waals surface area contributed by atoms with Crippen LogP contribution < -0.4 is 5.56 Å². The highest BCUT2D eigenvalue weighted by Gasteiger charge is 2.23. The average Bonchev–Trinajstić information content (AvgIpc) is 2.38. The van der Waals surface area contributed by atoms with Gasteiger partial charge < -0.3 is 10.1 Å². The molecule has 0 saturated carbocycles. The zero-order valence-electron chi connectivity index (χ0n) is 11.3. The molecule has 21 heavy (non-hydrogen) atoms. The molecule has 1 atom stereocenters. The summed E-state index contributed by atoms with van der Waals surface area (Å²) in [7, 11) is -3.43. The molecule has 0 radical (unpaired) electrons. The Kier molecular flexibility index (Phi) is 4.20. The van der Waals surface area contributed by atoms with Gasteiger partial charge in [-0.05, 0) is 13.0 Å². The number of halogens is 1. The summed E-state index contributed by atoms with van der Waals surface area (Å²) >= 11 is 3.29. The number of rotatable bonds is 3. The Morgan fingerprint density at radius 1 is 1.33 bits per heavy atom. The Bertz CT molecular complexity index is 845. The quantitative estimate of drug-likeness (QED) is 0.857. The van der Waals surface area contributed by atoms with E-state index < -0.39 is 26.5 Å². The molecule has 0 spiro atoms. The van der Waals surface area contributed by atoms with Crippen molar-refractivity contribution in [1.82, 2.24) is 9.97 Å². The average molecular weight is 373 g/mol. The van der Waals surface area contributed by atoms with Gasteiger partial charge in [0.05, 0.1) is 0 Å². The molecule has 2 rings (SSSR count). The number of benzene rings is 1. The fourth-order valence-electron chi connectivity index (χ4n) is 1.78. The van der Waals surface area contributed by atoms with Crippen molar-refractivity contribution in [3.63, 3.8) is 0 Å². The Morgan fingerprint density at radius 2 is 1.95 bits per heavy atom. The summed E-state index contributed by atoms with van der Waals surface area (Å²) in [4.78, 5) is 18.4. The molecular weight excluding hydrogens is 360 g/mol. The minimum absolute atomic E-state index is 0.00748. The third-order valence-electron chi connectivity index (χ3n) is 3.09. The summed E-state index contributed by atoms with van der Waals surface area (Å²) in [6.07, 6.45) is 1.04. The van der Waals surface area contributed by atoms with E-state index in [1.54, 1.807) is 24.3 Å². The standard InChI is InChI=1S/C13H13BrN2O4S/c1-7(21(2,19)20)11-15-12(17)10(13(18)16-11)8-5-3-4-6-9(8)14/h3-7H,1-2H3,(H2,15,16,17,18). The van der Waals surface area contributed by atoms with Gasteiger partial charge in [-0.25, -0.2) is 8.42 Å².